The van der Waals surface area contributed by atoms with E-state index in [-0.39, 0.29) is 11.1 Å². The molecule has 1 aliphatic heterocycles. The summed E-state index contributed by atoms with van der Waals surface area (Å²) in [7, 11) is 1.28. The third kappa shape index (κ3) is 4.27. The van der Waals surface area contributed by atoms with Crippen LogP contribution < -0.4 is 19.6 Å². The van der Waals surface area contributed by atoms with Crippen LogP contribution in [-0.4, -0.2) is 23.6 Å². The summed E-state index contributed by atoms with van der Waals surface area (Å²) < 4.78 is 12.1. The smallest absolute Gasteiger partial charge is 0.338 e. The Bertz CT molecular complexity index is 1480. The lowest BCUT2D eigenvalue weighted by Crippen LogP contribution is -2.39. The quantitative estimate of drug-likeness (QED) is 0.421. The molecule has 33 heavy (non-hydrogen) atoms. The van der Waals surface area contributed by atoms with Crippen molar-refractivity contribution in [3.8, 4) is 5.75 Å². The van der Waals surface area contributed by atoms with Gasteiger partial charge < -0.3 is 9.47 Å². The molecule has 0 bridgehead atoms. The predicted octanol–water partition coefficient (Wildman–Crippen LogP) is 2.99. The summed E-state index contributed by atoms with van der Waals surface area (Å²) in [5.74, 6) is -0.713. The number of esters is 2. The normalized spacial score (nSPS) is 15.6. The minimum absolute atomic E-state index is 0.241. The summed E-state index contributed by atoms with van der Waals surface area (Å²) in [6, 6.07) is 13.1. The molecule has 0 saturated heterocycles. The van der Waals surface area contributed by atoms with Crippen LogP contribution in [0.3, 0.4) is 0 Å². The van der Waals surface area contributed by atoms with E-state index in [0.29, 0.717) is 36.9 Å². The van der Waals surface area contributed by atoms with Crippen LogP contribution in [0.2, 0.25) is 5.02 Å². The minimum atomic E-state index is -0.798. The fourth-order valence-electron chi connectivity index (χ4n) is 3.67. The highest BCUT2D eigenvalue weighted by atomic mass is 35.5. The molecule has 0 radical (unpaired) electrons. The number of thiazole rings is 1. The largest absolute Gasteiger partial charge is 0.466 e. The highest BCUT2D eigenvalue weighted by Gasteiger charge is 2.34. The van der Waals surface area contributed by atoms with E-state index in [1.54, 1.807) is 61.5 Å². The molecule has 2 aromatic carbocycles. The second-order valence-electron chi connectivity index (χ2n) is 7.23. The zero-order chi connectivity index (χ0) is 23.7. The molecule has 9 heteroatoms. The summed E-state index contributed by atoms with van der Waals surface area (Å²) in [5, 5.41) is 0.411. The second kappa shape index (κ2) is 9.17. The number of carbonyl (C=O) groups is 2. The lowest BCUT2D eigenvalue weighted by atomic mass is 9.96. The summed E-state index contributed by atoms with van der Waals surface area (Å²) >= 11 is 7.64. The maximum Gasteiger partial charge on any atom is 0.338 e. The van der Waals surface area contributed by atoms with Gasteiger partial charge in [-0.05, 0) is 30.7 Å². The fraction of sp³-hybridized carbons (Fsp3) is 0.167. The molecule has 2 heterocycles. The maximum atomic E-state index is 13.6. The third-order valence-electron chi connectivity index (χ3n) is 5.09. The molecule has 3 aromatic rings. The number of methoxy groups -OCH3 is 1. The number of ether oxygens (including phenoxy) is 2. The molecule has 0 saturated carbocycles. The van der Waals surface area contributed by atoms with Crippen molar-refractivity contribution in [2.75, 3.05) is 7.11 Å². The summed E-state index contributed by atoms with van der Waals surface area (Å²) in [4.78, 5) is 42.6. The van der Waals surface area contributed by atoms with Gasteiger partial charge in [0.15, 0.2) is 4.80 Å². The molecule has 1 atom stereocenters. The first-order chi connectivity index (χ1) is 15.8. The van der Waals surface area contributed by atoms with Crippen molar-refractivity contribution in [3.63, 3.8) is 0 Å². The van der Waals surface area contributed by atoms with Crippen molar-refractivity contribution in [1.29, 1.82) is 0 Å². The number of hydrogen-bond donors (Lipinski definition) is 0. The van der Waals surface area contributed by atoms with E-state index in [2.05, 4.69) is 4.99 Å². The lowest BCUT2D eigenvalue weighted by molar-refractivity contribution is -0.136. The van der Waals surface area contributed by atoms with Crippen molar-refractivity contribution in [2.24, 2.45) is 4.99 Å². The van der Waals surface area contributed by atoms with Gasteiger partial charge >= 0.3 is 11.9 Å². The van der Waals surface area contributed by atoms with Gasteiger partial charge in [-0.3, -0.25) is 14.2 Å². The molecule has 1 aliphatic rings. The number of hydrogen-bond acceptors (Lipinski definition) is 7. The van der Waals surface area contributed by atoms with Crippen molar-refractivity contribution in [1.82, 2.24) is 4.57 Å². The molecule has 0 N–H and O–H groups in total. The molecule has 0 spiro atoms. The topological polar surface area (TPSA) is 87.0 Å². The van der Waals surface area contributed by atoms with Crippen LogP contribution >= 0.6 is 22.9 Å². The second-order valence-corrected chi connectivity index (χ2v) is 8.64. The number of nitrogens with zero attached hydrogens (tertiary/aromatic N) is 2. The predicted molar refractivity (Wildman–Crippen MR) is 125 cm³/mol. The van der Waals surface area contributed by atoms with Gasteiger partial charge in [-0.2, -0.15) is 0 Å². The zero-order valence-electron chi connectivity index (χ0n) is 18.0. The molecule has 0 fully saturated rings. The van der Waals surface area contributed by atoms with Crippen molar-refractivity contribution in [3.05, 3.63) is 95.6 Å². The van der Waals surface area contributed by atoms with E-state index in [4.69, 9.17) is 21.1 Å². The van der Waals surface area contributed by atoms with Gasteiger partial charge in [0.05, 0.1) is 22.9 Å². The van der Waals surface area contributed by atoms with Gasteiger partial charge in [-0.15, -0.1) is 0 Å². The molecular weight excluding hydrogens is 464 g/mol. The zero-order valence-corrected chi connectivity index (χ0v) is 19.6. The SMILES string of the molecule is COC(=O)C1=C(C)N=c2sc(=Cc3ccccc3OC(C)=O)c(=O)n2[C@H]1c1ccccc1Cl. The van der Waals surface area contributed by atoms with Crippen LogP contribution in [0.25, 0.3) is 6.08 Å². The summed E-state index contributed by atoms with van der Waals surface area (Å²) in [6.45, 7) is 3.01. The van der Waals surface area contributed by atoms with Crippen molar-refractivity contribution in [2.45, 2.75) is 19.9 Å². The Balaban J connectivity index is 1.98. The standard InChI is InChI=1S/C24H19ClN2O5S/c1-13-20(23(30)31-3)21(16-9-5-6-10-17(16)25)27-22(29)19(33-24(27)26-13)12-15-8-4-7-11-18(15)32-14(2)28/h4-12,21H,1-3H3/t21-/m0/s1. The van der Waals surface area contributed by atoms with Crippen LogP contribution in [0.1, 0.15) is 31.0 Å². The molecule has 0 amide bonds. The summed E-state index contributed by atoms with van der Waals surface area (Å²) in [5.41, 5.74) is 1.48. The Labute approximate surface area is 197 Å². The molecule has 0 aliphatic carbocycles. The average molecular weight is 483 g/mol. The number of para-hydroxylation sites is 1. The van der Waals surface area contributed by atoms with E-state index < -0.39 is 18.0 Å². The minimum Gasteiger partial charge on any atom is -0.466 e. The van der Waals surface area contributed by atoms with Gasteiger partial charge in [0.2, 0.25) is 0 Å². The van der Waals surface area contributed by atoms with Crippen molar-refractivity contribution < 1.29 is 19.1 Å². The molecule has 1 aromatic heterocycles. The fourth-order valence-corrected chi connectivity index (χ4v) is 4.95. The first kappa shape index (κ1) is 22.7. The highest BCUT2D eigenvalue weighted by Crippen LogP contribution is 2.34. The van der Waals surface area contributed by atoms with Crippen LogP contribution in [0.15, 0.2) is 69.6 Å². The van der Waals surface area contributed by atoms with Crippen LogP contribution in [0, 0.1) is 0 Å². The van der Waals surface area contributed by atoms with E-state index in [0.717, 1.165) is 0 Å². The van der Waals surface area contributed by atoms with Gasteiger partial charge in [-0.1, -0.05) is 59.3 Å². The molecule has 4 rings (SSSR count). The Morgan fingerprint density at radius 3 is 2.55 bits per heavy atom. The van der Waals surface area contributed by atoms with Crippen LogP contribution in [-0.2, 0) is 14.3 Å². The number of rotatable bonds is 4. The number of halogens is 1. The number of fused-ring (bicyclic) bond motifs is 1. The number of carbonyl (C=O) groups excluding carboxylic acids is 2. The van der Waals surface area contributed by atoms with E-state index in [1.165, 1.54) is 29.9 Å². The molecule has 168 valence electrons. The van der Waals surface area contributed by atoms with Gasteiger partial charge in [0.1, 0.15) is 11.8 Å². The maximum absolute atomic E-state index is 13.6. The monoisotopic (exact) mass is 482 g/mol. The first-order valence-electron chi connectivity index (χ1n) is 9.94. The van der Waals surface area contributed by atoms with Crippen molar-refractivity contribution >= 4 is 41.0 Å². The lowest BCUT2D eigenvalue weighted by Gasteiger charge is -2.25. The molecule has 0 unspecified atom stereocenters. The molecule has 7 nitrogen and oxygen atoms in total. The Morgan fingerprint density at radius 1 is 1.15 bits per heavy atom. The van der Waals surface area contributed by atoms with Crippen LogP contribution in [0.5, 0.6) is 5.75 Å². The van der Waals surface area contributed by atoms with E-state index >= 15 is 0 Å². The highest BCUT2D eigenvalue weighted by molar-refractivity contribution is 7.07. The van der Waals surface area contributed by atoms with Crippen LogP contribution in [0.4, 0.5) is 0 Å². The Morgan fingerprint density at radius 2 is 1.85 bits per heavy atom. The number of aromatic nitrogens is 1. The average Bonchev–Trinajstić information content (AvgIpc) is 3.08. The first-order valence-corrected chi connectivity index (χ1v) is 11.1. The van der Waals surface area contributed by atoms with Gasteiger partial charge in [0.25, 0.3) is 5.56 Å². The summed E-state index contributed by atoms with van der Waals surface area (Å²) in [6.07, 6.45) is 1.64. The number of benzene rings is 2. The van der Waals surface area contributed by atoms with Gasteiger partial charge in [-0.25, -0.2) is 9.79 Å². The Kier molecular flexibility index (Phi) is 6.31. The van der Waals surface area contributed by atoms with Gasteiger partial charge in [0, 0.05) is 17.5 Å². The van der Waals surface area contributed by atoms with E-state index in [9.17, 15) is 14.4 Å². The molecular formula is C24H19ClN2O5S. The number of allylic oxidation sites excluding steroid dienone is 1. The van der Waals surface area contributed by atoms with E-state index in [1.807, 2.05) is 0 Å². The third-order valence-corrected chi connectivity index (χ3v) is 6.41. The Hall–Kier alpha value is -3.49.